The van der Waals surface area contributed by atoms with Gasteiger partial charge in [-0.2, -0.15) is 13.2 Å². The fourth-order valence-electron chi connectivity index (χ4n) is 5.20. The van der Waals surface area contributed by atoms with Crippen molar-refractivity contribution in [2.75, 3.05) is 52.5 Å². The molecule has 2 aromatic carbocycles. The van der Waals surface area contributed by atoms with Gasteiger partial charge in [0.25, 0.3) is 0 Å². The second-order valence-corrected chi connectivity index (χ2v) is 10.00. The van der Waals surface area contributed by atoms with Crippen LogP contribution in [0.4, 0.5) is 13.2 Å². The minimum atomic E-state index is -4.59. The molecule has 0 aromatic heterocycles. The lowest BCUT2D eigenvalue weighted by molar-refractivity contribution is -0.138. The molecule has 0 spiro atoms. The number of benzene rings is 2. The van der Waals surface area contributed by atoms with Crippen molar-refractivity contribution >= 4 is 0 Å². The van der Waals surface area contributed by atoms with E-state index in [0.717, 1.165) is 38.9 Å². The van der Waals surface area contributed by atoms with Crippen LogP contribution in [-0.4, -0.2) is 84.7 Å². The van der Waals surface area contributed by atoms with Crippen LogP contribution >= 0.6 is 0 Å². The number of hydrogen-bond acceptors (Lipinski definition) is 6. The first kappa shape index (κ1) is 27.7. The number of alkyl halides is 3. The van der Waals surface area contributed by atoms with E-state index in [-0.39, 0.29) is 30.1 Å². The van der Waals surface area contributed by atoms with Gasteiger partial charge in [-0.1, -0.05) is 24.3 Å². The van der Waals surface area contributed by atoms with Crippen LogP contribution in [0.15, 0.2) is 36.4 Å². The third-order valence-corrected chi connectivity index (χ3v) is 7.13. The molecule has 0 saturated carbocycles. The van der Waals surface area contributed by atoms with Crippen LogP contribution in [0, 0.1) is 6.92 Å². The van der Waals surface area contributed by atoms with Crippen LogP contribution in [0.1, 0.15) is 36.8 Å². The maximum atomic E-state index is 14.3. The summed E-state index contributed by atoms with van der Waals surface area (Å²) in [6.45, 7) is 6.81. The molecule has 2 saturated heterocycles. The maximum absolute atomic E-state index is 14.3. The molecule has 4 rings (SSSR count). The average Bonchev–Trinajstić information content (AvgIpc) is 3.47. The lowest BCUT2D eigenvalue weighted by Crippen LogP contribution is -2.24. The van der Waals surface area contributed by atoms with E-state index in [9.17, 15) is 23.4 Å². The van der Waals surface area contributed by atoms with E-state index in [4.69, 9.17) is 9.47 Å². The molecule has 37 heavy (non-hydrogen) atoms. The second-order valence-electron chi connectivity index (χ2n) is 10.00. The number of β-amino-alcohol motifs (C(OH)–C–C–N with tert-alkyl or cyclic N) is 2. The number of aliphatic hydroxyl groups excluding tert-OH is 2. The molecule has 2 aromatic rings. The summed E-state index contributed by atoms with van der Waals surface area (Å²) in [5, 5.41) is 19.3. The Hall–Kier alpha value is -2.33. The molecule has 9 heteroatoms. The summed E-state index contributed by atoms with van der Waals surface area (Å²) >= 11 is 0. The zero-order valence-corrected chi connectivity index (χ0v) is 21.3. The molecule has 0 radical (unpaired) electrons. The van der Waals surface area contributed by atoms with Crippen LogP contribution in [0.3, 0.4) is 0 Å². The predicted molar refractivity (Wildman–Crippen MR) is 136 cm³/mol. The quantitative estimate of drug-likeness (QED) is 0.428. The number of likely N-dealkylation sites (tertiary alicyclic amines) is 2. The first-order chi connectivity index (χ1) is 17.7. The number of nitrogens with zero attached hydrogens (tertiary/aromatic N) is 2. The Morgan fingerprint density at radius 2 is 1.32 bits per heavy atom. The highest BCUT2D eigenvalue weighted by Gasteiger charge is 2.38. The van der Waals surface area contributed by atoms with Crippen LogP contribution in [0.25, 0.3) is 11.1 Å². The van der Waals surface area contributed by atoms with Gasteiger partial charge in [0, 0.05) is 39.3 Å². The molecule has 2 heterocycles. The van der Waals surface area contributed by atoms with E-state index >= 15 is 0 Å². The molecular formula is C28H37F3N2O4. The monoisotopic (exact) mass is 522 g/mol. The molecular weight excluding hydrogens is 485 g/mol. The molecule has 0 bridgehead atoms. The Morgan fingerprint density at radius 3 is 1.84 bits per heavy atom. The molecule has 6 nitrogen and oxygen atoms in total. The number of halogens is 3. The summed E-state index contributed by atoms with van der Waals surface area (Å²) in [6.07, 6.45) is -2.32. The standard InChI is InChI=1S/C28H37F3N2O4/c1-20-23(6-2-8-25(20)36-16-4-12-32-14-10-21(34)18-32)24-7-3-9-26(27(24)28(29,30)31)37-17-5-13-33-15-11-22(35)19-33/h2-3,6-9,21-22,34-35H,4-5,10-19H2,1H3. The Bertz CT molecular complexity index is 1030. The van der Waals surface area contributed by atoms with E-state index in [1.54, 1.807) is 31.2 Å². The first-order valence-corrected chi connectivity index (χ1v) is 13.1. The highest BCUT2D eigenvalue weighted by molar-refractivity contribution is 5.75. The van der Waals surface area contributed by atoms with E-state index in [2.05, 4.69) is 9.80 Å². The summed E-state index contributed by atoms with van der Waals surface area (Å²) in [4.78, 5) is 4.28. The average molecular weight is 523 g/mol. The van der Waals surface area contributed by atoms with E-state index in [0.29, 0.717) is 49.5 Å². The van der Waals surface area contributed by atoms with Crippen LogP contribution in [-0.2, 0) is 6.18 Å². The number of hydrogen-bond donors (Lipinski definition) is 2. The van der Waals surface area contributed by atoms with Gasteiger partial charge in [-0.25, -0.2) is 0 Å². The zero-order valence-electron chi connectivity index (χ0n) is 21.3. The maximum Gasteiger partial charge on any atom is 0.420 e. The fourth-order valence-corrected chi connectivity index (χ4v) is 5.20. The fraction of sp³-hybridized carbons (Fsp3) is 0.571. The Kier molecular flexibility index (Phi) is 9.34. The van der Waals surface area contributed by atoms with Crippen molar-refractivity contribution in [2.45, 2.75) is 51.0 Å². The Morgan fingerprint density at radius 1 is 0.811 bits per heavy atom. The van der Waals surface area contributed by atoms with Crippen molar-refractivity contribution in [2.24, 2.45) is 0 Å². The smallest absolute Gasteiger partial charge is 0.420 e. The third-order valence-electron chi connectivity index (χ3n) is 7.13. The summed E-state index contributed by atoms with van der Waals surface area (Å²) in [6, 6.07) is 9.62. The van der Waals surface area contributed by atoms with Crippen molar-refractivity contribution < 1.29 is 32.9 Å². The summed E-state index contributed by atoms with van der Waals surface area (Å²) < 4.78 is 54.4. The molecule has 2 unspecified atom stereocenters. The Labute approximate surface area is 216 Å². The van der Waals surface area contributed by atoms with Gasteiger partial charge in [0.05, 0.1) is 25.4 Å². The lowest BCUT2D eigenvalue weighted by atomic mass is 9.94. The number of aliphatic hydroxyl groups is 2. The van der Waals surface area contributed by atoms with Gasteiger partial charge >= 0.3 is 6.18 Å². The number of ether oxygens (including phenoxy) is 2. The predicted octanol–water partition coefficient (Wildman–Crippen LogP) is 4.35. The summed E-state index contributed by atoms with van der Waals surface area (Å²) in [5.74, 6) is 0.385. The highest BCUT2D eigenvalue weighted by Crippen LogP contribution is 2.44. The van der Waals surface area contributed by atoms with Gasteiger partial charge < -0.3 is 29.5 Å². The summed E-state index contributed by atoms with van der Waals surface area (Å²) in [5.41, 5.74) is 0.402. The molecule has 2 aliphatic heterocycles. The van der Waals surface area contributed by atoms with Crippen LogP contribution in [0.5, 0.6) is 11.5 Å². The highest BCUT2D eigenvalue weighted by atomic mass is 19.4. The molecule has 2 fully saturated rings. The van der Waals surface area contributed by atoms with Gasteiger partial charge in [-0.15, -0.1) is 0 Å². The minimum absolute atomic E-state index is 0.0710. The van der Waals surface area contributed by atoms with Gasteiger partial charge in [-0.05, 0) is 61.4 Å². The Balaban J connectivity index is 1.43. The first-order valence-electron chi connectivity index (χ1n) is 13.1. The second kappa shape index (κ2) is 12.5. The van der Waals surface area contributed by atoms with Crippen molar-refractivity contribution in [3.05, 3.63) is 47.5 Å². The molecule has 2 aliphatic rings. The zero-order chi connectivity index (χ0) is 26.4. The summed E-state index contributed by atoms with van der Waals surface area (Å²) in [7, 11) is 0. The van der Waals surface area contributed by atoms with Crippen molar-refractivity contribution in [3.8, 4) is 22.6 Å². The van der Waals surface area contributed by atoms with E-state index in [1.807, 2.05) is 0 Å². The van der Waals surface area contributed by atoms with Crippen molar-refractivity contribution in [1.82, 2.24) is 9.80 Å². The topological polar surface area (TPSA) is 65.4 Å². The van der Waals surface area contributed by atoms with Crippen molar-refractivity contribution in [3.63, 3.8) is 0 Å². The number of rotatable bonds is 11. The lowest BCUT2D eigenvalue weighted by Gasteiger charge is -2.21. The molecule has 204 valence electrons. The van der Waals surface area contributed by atoms with Gasteiger partial charge in [0.15, 0.2) is 0 Å². The van der Waals surface area contributed by atoms with Gasteiger partial charge in [0.1, 0.15) is 17.1 Å². The van der Waals surface area contributed by atoms with Crippen LogP contribution < -0.4 is 9.47 Å². The molecule has 2 atom stereocenters. The van der Waals surface area contributed by atoms with E-state index < -0.39 is 11.7 Å². The largest absolute Gasteiger partial charge is 0.493 e. The minimum Gasteiger partial charge on any atom is -0.493 e. The van der Waals surface area contributed by atoms with E-state index in [1.165, 1.54) is 12.1 Å². The molecule has 0 aliphatic carbocycles. The van der Waals surface area contributed by atoms with Crippen molar-refractivity contribution in [1.29, 1.82) is 0 Å². The molecule has 2 N–H and O–H groups in total. The molecule has 0 amide bonds. The normalized spacial score (nSPS) is 21.0. The van der Waals surface area contributed by atoms with Crippen LogP contribution in [0.2, 0.25) is 0 Å². The van der Waals surface area contributed by atoms with Gasteiger partial charge in [0.2, 0.25) is 0 Å². The van der Waals surface area contributed by atoms with Gasteiger partial charge in [-0.3, -0.25) is 0 Å². The SMILES string of the molecule is Cc1c(OCCCN2CCC(O)C2)cccc1-c1cccc(OCCCN2CCC(O)C2)c1C(F)(F)F. The third kappa shape index (κ3) is 7.37.